The van der Waals surface area contributed by atoms with Crippen molar-refractivity contribution in [2.45, 2.75) is 45.1 Å². The molecule has 0 spiro atoms. The number of amides is 1. The van der Waals surface area contributed by atoms with Crippen LogP contribution in [0.5, 0.6) is 0 Å². The van der Waals surface area contributed by atoms with E-state index in [1.165, 1.54) is 32.1 Å². The van der Waals surface area contributed by atoms with E-state index in [2.05, 4.69) is 9.88 Å². The van der Waals surface area contributed by atoms with Gasteiger partial charge >= 0.3 is 0 Å². The second kappa shape index (κ2) is 7.62. The third-order valence-corrected chi connectivity index (χ3v) is 5.90. The fourth-order valence-electron chi connectivity index (χ4n) is 4.39. The first-order valence-electron chi connectivity index (χ1n) is 9.87. The Kier molecular flexibility index (Phi) is 5.07. The molecule has 138 valence electrons. The second-order valence-electron chi connectivity index (χ2n) is 7.49. The number of carbonyl (C=O) groups excluding carboxylic acids is 1. The SMILES string of the molecule is Cc1ncccc1-n1cccc1C(=O)N1CCN(C2CCCCC2)CC1. The molecule has 0 bridgehead atoms. The third kappa shape index (κ3) is 3.40. The zero-order valence-electron chi connectivity index (χ0n) is 15.6. The fourth-order valence-corrected chi connectivity index (χ4v) is 4.39. The van der Waals surface area contributed by atoms with Gasteiger partial charge in [-0.15, -0.1) is 0 Å². The Morgan fingerprint density at radius 1 is 1.04 bits per heavy atom. The Morgan fingerprint density at radius 3 is 2.54 bits per heavy atom. The summed E-state index contributed by atoms with van der Waals surface area (Å²) in [6.45, 7) is 5.64. The fraction of sp³-hybridized carbons (Fsp3) is 0.524. The maximum Gasteiger partial charge on any atom is 0.270 e. The van der Waals surface area contributed by atoms with Gasteiger partial charge in [-0.25, -0.2) is 0 Å². The lowest BCUT2D eigenvalue weighted by Gasteiger charge is -2.40. The van der Waals surface area contributed by atoms with Crippen molar-refractivity contribution in [2.24, 2.45) is 0 Å². The minimum atomic E-state index is 0.126. The highest BCUT2D eigenvalue weighted by Crippen LogP contribution is 2.24. The summed E-state index contributed by atoms with van der Waals surface area (Å²) >= 11 is 0. The summed E-state index contributed by atoms with van der Waals surface area (Å²) in [4.78, 5) is 22.1. The first-order valence-corrected chi connectivity index (χ1v) is 9.87. The van der Waals surface area contributed by atoms with Crippen LogP contribution in [0.2, 0.25) is 0 Å². The van der Waals surface area contributed by atoms with Crippen LogP contribution in [0.25, 0.3) is 5.69 Å². The summed E-state index contributed by atoms with van der Waals surface area (Å²) in [5, 5.41) is 0. The Hall–Kier alpha value is -2.14. The van der Waals surface area contributed by atoms with E-state index in [9.17, 15) is 4.79 Å². The highest BCUT2D eigenvalue weighted by atomic mass is 16.2. The van der Waals surface area contributed by atoms with Gasteiger partial charge in [0.1, 0.15) is 5.69 Å². The first-order chi connectivity index (χ1) is 12.7. The van der Waals surface area contributed by atoms with E-state index in [4.69, 9.17) is 0 Å². The summed E-state index contributed by atoms with van der Waals surface area (Å²) in [5.74, 6) is 0.126. The average molecular weight is 352 g/mol. The third-order valence-electron chi connectivity index (χ3n) is 5.90. The van der Waals surface area contributed by atoms with Gasteiger partial charge in [-0.1, -0.05) is 19.3 Å². The standard InChI is InChI=1S/C21H28N4O/c1-17-19(9-5-11-22-17)25-12-6-10-20(25)21(26)24-15-13-23(14-16-24)18-7-3-2-4-8-18/h5-6,9-12,18H,2-4,7-8,13-16H2,1H3. The van der Waals surface area contributed by atoms with Crippen molar-refractivity contribution in [1.29, 1.82) is 0 Å². The number of nitrogens with zero attached hydrogens (tertiary/aromatic N) is 4. The molecule has 4 rings (SSSR count). The molecule has 5 nitrogen and oxygen atoms in total. The largest absolute Gasteiger partial charge is 0.335 e. The predicted octanol–water partition coefficient (Wildman–Crippen LogP) is 3.27. The van der Waals surface area contributed by atoms with Gasteiger partial charge in [-0.05, 0) is 44.0 Å². The van der Waals surface area contributed by atoms with E-state index >= 15 is 0 Å². The van der Waals surface area contributed by atoms with Crippen molar-refractivity contribution in [3.8, 4) is 5.69 Å². The smallest absolute Gasteiger partial charge is 0.270 e. The molecule has 0 unspecified atom stereocenters. The van der Waals surface area contributed by atoms with Gasteiger partial charge in [-0.3, -0.25) is 14.7 Å². The lowest BCUT2D eigenvalue weighted by molar-refractivity contribution is 0.0516. The van der Waals surface area contributed by atoms with Gasteiger partial charge in [0, 0.05) is 44.6 Å². The zero-order chi connectivity index (χ0) is 17.9. The van der Waals surface area contributed by atoms with Gasteiger partial charge in [0.25, 0.3) is 5.91 Å². The molecule has 3 heterocycles. The van der Waals surface area contributed by atoms with E-state index < -0.39 is 0 Å². The van der Waals surface area contributed by atoms with E-state index in [1.54, 1.807) is 6.20 Å². The molecule has 1 amide bonds. The van der Waals surface area contributed by atoms with Crippen LogP contribution >= 0.6 is 0 Å². The summed E-state index contributed by atoms with van der Waals surface area (Å²) < 4.78 is 1.97. The molecule has 2 aliphatic rings. The number of rotatable bonds is 3. The monoisotopic (exact) mass is 352 g/mol. The number of aryl methyl sites for hydroxylation is 1. The normalized spacial score (nSPS) is 19.7. The summed E-state index contributed by atoms with van der Waals surface area (Å²) in [5.41, 5.74) is 2.63. The van der Waals surface area contributed by atoms with Crippen molar-refractivity contribution in [3.05, 3.63) is 48.0 Å². The molecule has 0 atom stereocenters. The zero-order valence-corrected chi connectivity index (χ0v) is 15.6. The number of hydrogen-bond acceptors (Lipinski definition) is 3. The van der Waals surface area contributed by atoms with Crippen LogP contribution in [-0.2, 0) is 0 Å². The van der Waals surface area contributed by atoms with Crippen molar-refractivity contribution in [3.63, 3.8) is 0 Å². The highest BCUT2D eigenvalue weighted by Gasteiger charge is 2.28. The molecule has 0 radical (unpaired) electrons. The quantitative estimate of drug-likeness (QED) is 0.851. The lowest BCUT2D eigenvalue weighted by Crippen LogP contribution is -2.52. The number of hydrogen-bond donors (Lipinski definition) is 0. The molecule has 2 aromatic rings. The van der Waals surface area contributed by atoms with E-state index in [0.29, 0.717) is 0 Å². The summed E-state index contributed by atoms with van der Waals surface area (Å²) in [6.07, 6.45) is 10.5. The van der Waals surface area contributed by atoms with Crippen LogP contribution in [0.4, 0.5) is 0 Å². The first kappa shape index (κ1) is 17.3. The van der Waals surface area contributed by atoms with Gasteiger partial charge in [0.2, 0.25) is 0 Å². The van der Waals surface area contributed by atoms with Gasteiger partial charge in [0.15, 0.2) is 0 Å². The minimum absolute atomic E-state index is 0.126. The number of aromatic nitrogens is 2. The van der Waals surface area contributed by atoms with Gasteiger partial charge in [-0.2, -0.15) is 0 Å². The number of pyridine rings is 1. The van der Waals surface area contributed by atoms with Crippen LogP contribution in [0.15, 0.2) is 36.7 Å². The van der Waals surface area contributed by atoms with Gasteiger partial charge < -0.3 is 9.47 Å². The van der Waals surface area contributed by atoms with E-state index in [-0.39, 0.29) is 5.91 Å². The van der Waals surface area contributed by atoms with E-state index in [1.807, 2.05) is 46.9 Å². The van der Waals surface area contributed by atoms with Crippen LogP contribution in [0, 0.1) is 6.92 Å². The van der Waals surface area contributed by atoms with Crippen LogP contribution in [0.1, 0.15) is 48.3 Å². The maximum atomic E-state index is 13.1. The van der Waals surface area contributed by atoms with Crippen LogP contribution in [0.3, 0.4) is 0 Å². The van der Waals surface area contributed by atoms with Gasteiger partial charge in [0.05, 0.1) is 11.4 Å². The molecule has 1 aliphatic heterocycles. The molecule has 0 aromatic carbocycles. The predicted molar refractivity (Wildman–Crippen MR) is 103 cm³/mol. The Labute approximate surface area is 155 Å². The molecule has 26 heavy (non-hydrogen) atoms. The maximum absolute atomic E-state index is 13.1. The molecular formula is C21H28N4O. The van der Waals surface area contributed by atoms with Crippen LogP contribution in [-0.4, -0.2) is 57.5 Å². The molecule has 5 heteroatoms. The summed E-state index contributed by atoms with van der Waals surface area (Å²) in [6, 6.07) is 8.53. The molecule has 1 saturated carbocycles. The topological polar surface area (TPSA) is 41.4 Å². The van der Waals surface area contributed by atoms with Crippen molar-refractivity contribution >= 4 is 5.91 Å². The van der Waals surface area contributed by atoms with Crippen LogP contribution < -0.4 is 0 Å². The summed E-state index contributed by atoms with van der Waals surface area (Å²) in [7, 11) is 0. The minimum Gasteiger partial charge on any atom is -0.335 e. The van der Waals surface area contributed by atoms with E-state index in [0.717, 1.165) is 49.3 Å². The lowest BCUT2D eigenvalue weighted by atomic mass is 9.94. The highest BCUT2D eigenvalue weighted by molar-refractivity contribution is 5.93. The Bertz CT molecular complexity index is 755. The average Bonchev–Trinajstić information content (AvgIpc) is 3.18. The molecule has 1 saturated heterocycles. The Balaban J connectivity index is 1.45. The molecule has 2 aromatic heterocycles. The molecule has 0 N–H and O–H groups in total. The second-order valence-corrected chi connectivity index (χ2v) is 7.49. The molecule has 2 fully saturated rings. The number of carbonyl (C=O) groups is 1. The molecular weight excluding hydrogens is 324 g/mol. The Morgan fingerprint density at radius 2 is 1.81 bits per heavy atom. The molecule has 1 aliphatic carbocycles. The number of piperazine rings is 1. The van der Waals surface area contributed by atoms with Crippen molar-refractivity contribution in [2.75, 3.05) is 26.2 Å². The van der Waals surface area contributed by atoms with Crippen molar-refractivity contribution < 1.29 is 4.79 Å². The van der Waals surface area contributed by atoms with Crippen molar-refractivity contribution in [1.82, 2.24) is 19.4 Å².